The van der Waals surface area contributed by atoms with E-state index in [2.05, 4.69) is 24.5 Å². The van der Waals surface area contributed by atoms with Crippen LogP contribution in [-0.4, -0.2) is 65.3 Å². The van der Waals surface area contributed by atoms with Gasteiger partial charge in [-0.25, -0.2) is 4.79 Å². The highest BCUT2D eigenvalue weighted by atomic mass is 16.2. The predicted octanol–water partition coefficient (Wildman–Crippen LogP) is 2.26. The number of likely N-dealkylation sites (tertiary alicyclic amines) is 2. The Morgan fingerprint density at radius 3 is 2.42 bits per heavy atom. The van der Waals surface area contributed by atoms with Gasteiger partial charge in [0.2, 0.25) is 11.8 Å². The second-order valence-corrected chi connectivity index (χ2v) is 10.1. The highest BCUT2D eigenvalue weighted by Crippen LogP contribution is 2.36. The topological polar surface area (TPSA) is 98.8 Å². The number of nitrogens with one attached hydrogen (secondary N) is 2. The van der Waals surface area contributed by atoms with Crippen LogP contribution in [0.1, 0.15) is 57.4 Å². The Labute approximate surface area is 195 Å². The van der Waals surface area contributed by atoms with Crippen molar-refractivity contribution in [3.05, 3.63) is 35.9 Å². The molecule has 2 atom stereocenters. The summed E-state index contributed by atoms with van der Waals surface area (Å²) in [4.78, 5) is 53.6. The van der Waals surface area contributed by atoms with Crippen molar-refractivity contribution in [3.8, 4) is 0 Å². The minimum absolute atomic E-state index is 0.0115. The summed E-state index contributed by atoms with van der Waals surface area (Å²) >= 11 is 0. The SMILES string of the molecule is CC(C)CCC1(C2CCN(C(=O)CN3CC(c4ccccc4)CC3=O)CC2)NC(=O)NC1=O. The summed E-state index contributed by atoms with van der Waals surface area (Å²) in [6.07, 6.45) is 3.18. The lowest BCUT2D eigenvalue weighted by Crippen LogP contribution is -2.57. The fourth-order valence-corrected chi connectivity index (χ4v) is 5.45. The molecule has 8 nitrogen and oxygen atoms in total. The van der Waals surface area contributed by atoms with Crippen molar-refractivity contribution in [2.45, 2.75) is 57.4 Å². The van der Waals surface area contributed by atoms with Crippen LogP contribution in [0.4, 0.5) is 4.79 Å². The van der Waals surface area contributed by atoms with Gasteiger partial charge in [-0.05, 0) is 43.1 Å². The molecule has 0 bridgehead atoms. The van der Waals surface area contributed by atoms with E-state index in [4.69, 9.17) is 0 Å². The Bertz CT molecular complexity index is 910. The van der Waals surface area contributed by atoms with E-state index >= 15 is 0 Å². The van der Waals surface area contributed by atoms with Crippen LogP contribution in [0.15, 0.2) is 30.3 Å². The van der Waals surface area contributed by atoms with Crippen molar-refractivity contribution >= 4 is 23.8 Å². The summed E-state index contributed by atoms with van der Waals surface area (Å²) < 4.78 is 0. The van der Waals surface area contributed by atoms with Gasteiger partial charge in [0.05, 0.1) is 6.54 Å². The summed E-state index contributed by atoms with van der Waals surface area (Å²) in [5.74, 6) is 0.265. The number of urea groups is 1. The van der Waals surface area contributed by atoms with Gasteiger partial charge in [-0.2, -0.15) is 0 Å². The normalized spacial score (nSPS) is 26.2. The molecule has 3 aliphatic rings. The molecule has 0 saturated carbocycles. The van der Waals surface area contributed by atoms with Gasteiger partial charge >= 0.3 is 6.03 Å². The number of hydrogen-bond acceptors (Lipinski definition) is 4. The third kappa shape index (κ3) is 4.89. The average Bonchev–Trinajstić information content (AvgIpc) is 3.31. The predicted molar refractivity (Wildman–Crippen MR) is 123 cm³/mol. The number of nitrogens with zero attached hydrogens (tertiary/aromatic N) is 2. The van der Waals surface area contributed by atoms with E-state index in [1.54, 1.807) is 9.80 Å². The highest BCUT2D eigenvalue weighted by molar-refractivity contribution is 6.07. The zero-order chi connectivity index (χ0) is 23.6. The second kappa shape index (κ2) is 9.53. The lowest BCUT2D eigenvalue weighted by atomic mass is 9.74. The van der Waals surface area contributed by atoms with Gasteiger partial charge in [0.1, 0.15) is 5.54 Å². The number of benzene rings is 1. The minimum atomic E-state index is -0.885. The summed E-state index contributed by atoms with van der Waals surface area (Å²) in [6, 6.07) is 9.53. The van der Waals surface area contributed by atoms with Crippen molar-refractivity contribution in [2.75, 3.05) is 26.2 Å². The largest absolute Gasteiger partial charge is 0.341 e. The molecule has 2 unspecified atom stereocenters. The molecule has 0 spiro atoms. The number of imide groups is 1. The molecule has 1 aromatic rings. The van der Waals surface area contributed by atoms with Gasteiger partial charge in [-0.3, -0.25) is 19.7 Å². The van der Waals surface area contributed by atoms with E-state index in [0.29, 0.717) is 51.2 Å². The van der Waals surface area contributed by atoms with Crippen molar-refractivity contribution in [1.29, 1.82) is 0 Å². The van der Waals surface area contributed by atoms with Crippen LogP contribution in [0.2, 0.25) is 0 Å². The molecular formula is C25H34N4O4. The van der Waals surface area contributed by atoms with Gasteiger partial charge in [-0.1, -0.05) is 44.2 Å². The van der Waals surface area contributed by atoms with Crippen LogP contribution in [0.3, 0.4) is 0 Å². The zero-order valence-electron chi connectivity index (χ0n) is 19.5. The number of carbonyl (C=O) groups is 4. The Morgan fingerprint density at radius 2 is 1.82 bits per heavy atom. The molecule has 0 radical (unpaired) electrons. The van der Waals surface area contributed by atoms with Gasteiger partial charge in [0, 0.05) is 32.0 Å². The lowest BCUT2D eigenvalue weighted by Gasteiger charge is -2.41. The average molecular weight is 455 g/mol. The maximum atomic E-state index is 13.0. The standard InChI is InChI=1S/C25H34N4O4/c1-17(2)8-11-25(23(32)26-24(33)27-25)20-9-12-28(13-10-20)22(31)16-29-15-19(14-21(29)30)18-6-4-3-5-7-18/h3-7,17,19-20H,8-16H2,1-2H3,(H2,26,27,32,33). The van der Waals surface area contributed by atoms with E-state index in [9.17, 15) is 19.2 Å². The van der Waals surface area contributed by atoms with Gasteiger partial charge < -0.3 is 15.1 Å². The Kier molecular flexibility index (Phi) is 6.72. The molecule has 1 aromatic carbocycles. The van der Waals surface area contributed by atoms with Gasteiger partial charge in [0.25, 0.3) is 5.91 Å². The molecule has 4 rings (SSSR count). The molecule has 5 amide bonds. The molecule has 0 aromatic heterocycles. The number of carbonyl (C=O) groups excluding carboxylic acids is 4. The fraction of sp³-hybridized carbons (Fsp3) is 0.600. The number of hydrogen-bond donors (Lipinski definition) is 2. The zero-order valence-corrected chi connectivity index (χ0v) is 19.5. The molecule has 3 saturated heterocycles. The number of amides is 5. The highest BCUT2D eigenvalue weighted by Gasteiger charge is 2.52. The van der Waals surface area contributed by atoms with E-state index in [1.807, 2.05) is 30.3 Å². The molecule has 33 heavy (non-hydrogen) atoms. The van der Waals surface area contributed by atoms with E-state index in [0.717, 1.165) is 12.0 Å². The first-order chi connectivity index (χ1) is 15.8. The summed E-state index contributed by atoms with van der Waals surface area (Å²) in [6.45, 7) is 5.93. The quantitative estimate of drug-likeness (QED) is 0.618. The molecule has 3 fully saturated rings. The molecule has 2 N–H and O–H groups in total. The van der Waals surface area contributed by atoms with E-state index < -0.39 is 11.6 Å². The Hall–Kier alpha value is -2.90. The van der Waals surface area contributed by atoms with Crippen LogP contribution in [0.25, 0.3) is 0 Å². The summed E-state index contributed by atoms with van der Waals surface area (Å²) in [5.41, 5.74) is 0.245. The van der Waals surface area contributed by atoms with Crippen LogP contribution in [0, 0.1) is 11.8 Å². The maximum absolute atomic E-state index is 13.0. The van der Waals surface area contributed by atoms with Crippen molar-refractivity contribution in [3.63, 3.8) is 0 Å². The van der Waals surface area contributed by atoms with E-state index in [-0.39, 0.29) is 36.1 Å². The summed E-state index contributed by atoms with van der Waals surface area (Å²) in [5, 5.41) is 5.34. The smallest absolute Gasteiger partial charge is 0.322 e. The number of rotatable bonds is 7. The maximum Gasteiger partial charge on any atom is 0.322 e. The first kappa shape index (κ1) is 23.3. The van der Waals surface area contributed by atoms with Gasteiger partial charge in [-0.15, -0.1) is 0 Å². The number of piperidine rings is 1. The molecule has 178 valence electrons. The second-order valence-electron chi connectivity index (χ2n) is 10.1. The van der Waals surface area contributed by atoms with Crippen molar-refractivity contribution in [2.24, 2.45) is 11.8 Å². The van der Waals surface area contributed by atoms with Crippen molar-refractivity contribution < 1.29 is 19.2 Å². The molecule has 0 aliphatic carbocycles. The first-order valence-electron chi connectivity index (χ1n) is 12.0. The van der Waals surface area contributed by atoms with Crippen LogP contribution in [0.5, 0.6) is 0 Å². The van der Waals surface area contributed by atoms with Crippen LogP contribution < -0.4 is 10.6 Å². The Morgan fingerprint density at radius 1 is 1.12 bits per heavy atom. The molecule has 3 aliphatic heterocycles. The monoisotopic (exact) mass is 454 g/mol. The summed E-state index contributed by atoms with van der Waals surface area (Å²) in [7, 11) is 0. The lowest BCUT2D eigenvalue weighted by molar-refractivity contribution is -0.140. The molecular weight excluding hydrogens is 420 g/mol. The molecule has 8 heteroatoms. The van der Waals surface area contributed by atoms with Crippen LogP contribution >= 0.6 is 0 Å². The first-order valence-corrected chi connectivity index (χ1v) is 12.0. The van der Waals surface area contributed by atoms with E-state index in [1.165, 1.54) is 0 Å². The molecule has 3 heterocycles. The van der Waals surface area contributed by atoms with Crippen molar-refractivity contribution in [1.82, 2.24) is 20.4 Å². The Balaban J connectivity index is 1.33. The fourth-order valence-electron chi connectivity index (χ4n) is 5.45. The third-order valence-corrected chi connectivity index (χ3v) is 7.44. The minimum Gasteiger partial charge on any atom is -0.341 e. The van der Waals surface area contributed by atoms with Gasteiger partial charge in [0.15, 0.2) is 0 Å². The third-order valence-electron chi connectivity index (χ3n) is 7.44. The van der Waals surface area contributed by atoms with Crippen LogP contribution in [-0.2, 0) is 14.4 Å².